The lowest BCUT2D eigenvalue weighted by atomic mass is 9.99. The minimum Gasteiger partial charge on any atom is -0.422 e. The molecule has 0 spiro atoms. The second-order valence-electron chi connectivity index (χ2n) is 8.08. The van der Waals surface area contributed by atoms with Crippen LogP contribution < -0.4 is 10.9 Å². The predicted octanol–water partition coefficient (Wildman–Crippen LogP) is 5.27. The molecule has 5 nitrogen and oxygen atoms in total. The number of hydrogen-bond acceptors (Lipinski definition) is 4. The number of anilines is 1. The fourth-order valence-electron chi connectivity index (χ4n) is 4.18. The SMILES string of the molecule is Cc1ccc(-c2cc3cc(C4Nc5ccccc5C(=O)N4C)cc(C)c3oc2=O)cc1. The topological polar surface area (TPSA) is 62.6 Å². The van der Waals surface area contributed by atoms with Crippen LogP contribution in [0.3, 0.4) is 0 Å². The van der Waals surface area contributed by atoms with Crippen LogP contribution >= 0.6 is 0 Å². The fraction of sp³-hybridized carbons (Fsp3) is 0.154. The maximum absolute atomic E-state index is 12.9. The minimum absolute atomic E-state index is 0.0305. The summed E-state index contributed by atoms with van der Waals surface area (Å²) in [7, 11) is 1.79. The number of amides is 1. The van der Waals surface area contributed by atoms with Crippen molar-refractivity contribution in [3.63, 3.8) is 0 Å². The number of fused-ring (bicyclic) bond motifs is 2. The first-order chi connectivity index (χ1) is 14.9. The Morgan fingerprint density at radius 3 is 2.42 bits per heavy atom. The Labute approximate surface area is 179 Å². The van der Waals surface area contributed by atoms with Crippen LogP contribution in [0.2, 0.25) is 0 Å². The highest BCUT2D eigenvalue weighted by Gasteiger charge is 2.30. The number of aryl methyl sites for hydroxylation is 2. The Morgan fingerprint density at radius 1 is 0.903 bits per heavy atom. The summed E-state index contributed by atoms with van der Waals surface area (Å²) >= 11 is 0. The molecule has 1 aliphatic rings. The van der Waals surface area contributed by atoms with Gasteiger partial charge in [-0.05, 0) is 60.9 Å². The second kappa shape index (κ2) is 7.13. The standard InChI is InChI=1S/C26H22N2O3/c1-15-8-10-17(11-9-15)21-14-18-13-19(12-16(2)23(18)31-26(21)30)24-27-22-7-5-4-6-20(22)25(29)28(24)3/h4-14,24,27H,1-3H3. The molecule has 0 saturated heterocycles. The van der Waals surface area contributed by atoms with Gasteiger partial charge in [-0.1, -0.05) is 42.0 Å². The molecule has 1 N–H and O–H groups in total. The number of carbonyl (C=O) groups is 1. The van der Waals surface area contributed by atoms with E-state index >= 15 is 0 Å². The molecule has 5 rings (SSSR count). The first kappa shape index (κ1) is 19.1. The molecule has 1 unspecified atom stereocenters. The van der Waals surface area contributed by atoms with Crippen molar-refractivity contribution in [3.8, 4) is 11.1 Å². The zero-order chi connectivity index (χ0) is 21.7. The molecule has 5 heteroatoms. The van der Waals surface area contributed by atoms with Gasteiger partial charge in [0.25, 0.3) is 5.91 Å². The van der Waals surface area contributed by atoms with E-state index in [9.17, 15) is 9.59 Å². The van der Waals surface area contributed by atoms with Gasteiger partial charge in [-0.25, -0.2) is 4.79 Å². The Balaban J connectivity index is 1.64. The first-order valence-corrected chi connectivity index (χ1v) is 10.2. The van der Waals surface area contributed by atoms with E-state index in [4.69, 9.17) is 4.42 Å². The molecule has 4 aromatic rings. The molecule has 1 amide bonds. The van der Waals surface area contributed by atoms with Crippen molar-refractivity contribution in [1.29, 1.82) is 0 Å². The molecule has 0 bridgehead atoms. The molecular weight excluding hydrogens is 388 g/mol. The van der Waals surface area contributed by atoms with Crippen molar-refractivity contribution in [2.45, 2.75) is 20.0 Å². The van der Waals surface area contributed by atoms with Crippen molar-refractivity contribution < 1.29 is 9.21 Å². The number of nitrogens with one attached hydrogen (secondary N) is 1. The van der Waals surface area contributed by atoms with Gasteiger partial charge in [0.1, 0.15) is 11.7 Å². The number of rotatable bonds is 2. The van der Waals surface area contributed by atoms with Crippen LogP contribution in [0.1, 0.15) is 33.2 Å². The zero-order valence-corrected chi connectivity index (χ0v) is 17.6. The molecule has 2 heterocycles. The smallest absolute Gasteiger partial charge is 0.344 e. The van der Waals surface area contributed by atoms with E-state index in [1.54, 1.807) is 11.9 Å². The van der Waals surface area contributed by atoms with E-state index in [1.807, 2.05) is 80.6 Å². The highest BCUT2D eigenvalue weighted by Crippen LogP contribution is 2.34. The molecule has 0 fully saturated rings. The van der Waals surface area contributed by atoms with E-state index in [0.717, 1.165) is 33.3 Å². The van der Waals surface area contributed by atoms with Crippen molar-refractivity contribution in [2.24, 2.45) is 0 Å². The van der Waals surface area contributed by atoms with Gasteiger partial charge >= 0.3 is 5.63 Å². The lowest BCUT2D eigenvalue weighted by Gasteiger charge is -2.35. The molecule has 0 radical (unpaired) electrons. The van der Waals surface area contributed by atoms with Crippen molar-refractivity contribution in [2.75, 3.05) is 12.4 Å². The fourth-order valence-corrected chi connectivity index (χ4v) is 4.18. The van der Waals surface area contributed by atoms with Crippen LogP contribution in [0.15, 0.2) is 75.9 Å². The van der Waals surface area contributed by atoms with E-state index in [2.05, 4.69) is 5.32 Å². The first-order valence-electron chi connectivity index (χ1n) is 10.2. The Morgan fingerprint density at radius 2 is 1.65 bits per heavy atom. The summed E-state index contributed by atoms with van der Waals surface area (Å²) in [6, 6.07) is 21.1. The highest BCUT2D eigenvalue weighted by molar-refractivity contribution is 6.01. The van der Waals surface area contributed by atoms with Crippen LogP contribution in [0.5, 0.6) is 0 Å². The third-order valence-corrected chi connectivity index (χ3v) is 5.88. The number of benzene rings is 3. The molecule has 0 saturated carbocycles. The molecule has 1 aromatic heterocycles. The van der Waals surface area contributed by atoms with E-state index in [0.29, 0.717) is 16.7 Å². The largest absolute Gasteiger partial charge is 0.422 e. The summed E-state index contributed by atoms with van der Waals surface area (Å²) in [5.74, 6) is -0.0305. The Kier molecular flexibility index (Phi) is 4.40. The summed E-state index contributed by atoms with van der Waals surface area (Å²) in [4.78, 5) is 27.2. The number of hydrogen-bond donors (Lipinski definition) is 1. The van der Waals surface area contributed by atoms with Crippen molar-refractivity contribution in [3.05, 3.63) is 99.4 Å². The molecule has 31 heavy (non-hydrogen) atoms. The molecular formula is C26H22N2O3. The maximum atomic E-state index is 12.9. The van der Waals surface area contributed by atoms with Gasteiger partial charge in [-0.15, -0.1) is 0 Å². The van der Waals surface area contributed by atoms with E-state index < -0.39 is 0 Å². The van der Waals surface area contributed by atoms with Crippen LogP contribution in [0.25, 0.3) is 22.1 Å². The summed E-state index contributed by atoms with van der Waals surface area (Å²) in [6.45, 7) is 3.92. The molecule has 1 aliphatic heterocycles. The Hall–Kier alpha value is -3.86. The van der Waals surface area contributed by atoms with Gasteiger partial charge < -0.3 is 14.6 Å². The van der Waals surface area contributed by atoms with Gasteiger partial charge in [0.15, 0.2) is 0 Å². The van der Waals surface area contributed by atoms with Crippen LogP contribution in [-0.4, -0.2) is 17.9 Å². The second-order valence-corrected chi connectivity index (χ2v) is 8.08. The van der Waals surface area contributed by atoms with E-state index in [-0.39, 0.29) is 17.7 Å². The summed E-state index contributed by atoms with van der Waals surface area (Å²) in [5, 5.41) is 4.29. The molecule has 3 aromatic carbocycles. The van der Waals surface area contributed by atoms with Crippen LogP contribution in [-0.2, 0) is 0 Å². The summed E-state index contributed by atoms with van der Waals surface area (Å²) < 4.78 is 5.70. The Bertz CT molecular complexity index is 1390. The molecule has 0 aliphatic carbocycles. The van der Waals surface area contributed by atoms with Gasteiger partial charge in [0.2, 0.25) is 0 Å². The molecule has 1 atom stereocenters. The normalized spacial score (nSPS) is 15.6. The quantitative estimate of drug-likeness (QED) is 0.457. The maximum Gasteiger partial charge on any atom is 0.344 e. The lowest BCUT2D eigenvalue weighted by Crippen LogP contribution is -2.40. The third-order valence-electron chi connectivity index (χ3n) is 5.88. The summed E-state index contributed by atoms with van der Waals surface area (Å²) in [6.07, 6.45) is -0.319. The number of para-hydroxylation sites is 1. The highest BCUT2D eigenvalue weighted by atomic mass is 16.4. The van der Waals surface area contributed by atoms with Crippen molar-refractivity contribution in [1.82, 2.24) is 4.90 Å². The monoisotopic (exact) mass is 410 g/mol. The zero-order valence-electron chi connectivity index (χ0n) is 17.6. The van der Waals surface area contributed by atoms with Gasteiger partial charge in [0, 0.05) is 18.1 Å². The van der Waals surface area contributed by atoms with Crippen LogP contribution in [0.4, 0.5) is 5.69 Å². The van der Waals surface area contributed by atoms with E-state index in [1.165, 1.54) is 0 Å². The average molecular weight is 410 g/mol. The minimum atomic E-state index is -0.357. The number of nitrogens with zero attached hydrogens (tertiary/aromatic N) is 1. The third kappa shape index (κ3) is 3.19. The van der Waals surface area contributed by atoms with Gasteiger partial charge in [-0.3, -0.25) is 4.79 Å². The van der Waals surface area contributed by atoms with Gasteiger partial charge in [-0.2, -0.15) is 0 Å². The van der Waals surface area contributed by atoms with Crippen LogP contribution in [0, 0.1) is 13.8 Å². The molecule has 154 valence electrons. The summed E-state index contributed by atoms with van der Waals surface area (Å²) in [5.41, 5.74) is 5.93. The van der Waals surface area contributed by atoms with Crippen molar-refractivity contribution >= 4 is 22.6 Å². The predicted molar refractivity (Wildman–Crippen MR) is 122 cm³/mol. The van der Waals surface area contributed by atoms with Gasteiger partial charge in [0.05, 0.1) is 11.1 Å². The number of carbonyl (C=O) groups excluding carboxylic acids is 1. The average Bonchev–Trinajstić information content (AvgIpc) is 2.77. The lowest BCUT2D eigenvalue weighted by molar-refractivity contribution is 0.0735.